The van der Waals surface area contributed by atoms with Crippen molar-refractivity contribution in [2.24, 2.45) is 41.4 Å². The summed E-state index contributed by atoms with van der Waals surface area (Å²) in [6, 6.07) is -0.254. The van der Waals surface area contributed by atoms with E-state index in [1.54, 1.807) is 0 Å². The maximum absolute atomic E-state index is 14.7. The summed E-state index contributed by atoms with van der Waals surface area (Å²) in [6.07, 6.45) is 8.02. The topological polar surface area (TPSA) is 153 Å². The Labute approximate surface area is 356 Å². The molecule has 0 saturated carbocycles. The van der Waals surface area contributed by atoms with E-state index < -0.39 is 64.8 Å². The van der Waals surface area contributed by atoms with Crippen LogP contribution in [-0.4, -0.2) is 131 Å². The number of nitrogens with one attached hydrogen (secondary N) is 1. The normalized spacial score (nSPS) is 43.0. The van der Waals surface area contributed by atoms with Crippen LogP contribution in [0, 0.1) is 41.4 Å². The van der Waals surface area contributed by atoms with Gasteiger partial charge in [-0.1, -0.05) is 61.5 Å². The number of rotatable bonds is 16. The van der Waals surface area contributed by atoms with E-state index in [1.807, 2.05) is 41.5 Å². The van der Waals surface area contributed by atoms with E-state index in [4.69, 9.17) is 23.7 Å². The first kappa shape index (κ1) is 48.6. The molecule has 5 rings (SSSR count). The summed E-state index contributed by atoms with van der Waals surface area (Å²) in [4.78, 5) is 26.7. The van der Waals surface area contributed by atoms with Crippen LogP contribution in [-0.2, 0) is 33.3 Å². The standard InChI is InChI=1S/C47H82N2O10/c1-14-34(43(52)53)36-18-17-28(4)41(56-36)32(8)39(50)31(7)40(51)35(15-2)42-29(5)27-30(6)46(57-42)22-19-37(48-25-26-49(11,12)13)47(59-46)24-23-44(10,58-47)38-20-21-45(54,16-3)33(9)55-38/h19,22,28-39,41-42,48,50,54H,14-18,20-21,23-27H2,1-13H3/p+1/t28-,29-,30+,31-,32-,33-,34+,35-,36+,37+,38+,39+,41+,42-,44-,45+,46?,47-/m0/s1. The molecule has 4 saturated heterocycles. The van der Waals surface area contributed by atoms with Crippen molar-refractivity contribution in [3.8, 4) is 0 Å². The van der Waals surface area contributed by atoms with E-state index >= 15 is 0 Å². The zero-order valence-electron chi connectivity index (χ0n) is 38.9. The molecular weight excluding hydrogens is 753 g/mol. The number of ketones is 1. The Bertz CT molecular complexity index is 1470. The van der Waals surface area contributed by atoms with Crippen LogP contribution in [0.15, 0.2) is 12.2 Å². The Morgan fingerprint density at radius 1 is 0.898 bits per heavy atom. The number of aliphatic carboxylic acids is 1. The minimum absolute atomic E-state index is 0.0405. The van der Waals surface area contributed by atoms with Crippen molar-refractivity contribution in [2.45, 2.75) is 199 Å². The number of carboxylic acid groups (broad SMARTS) is 1. The van der Waals surface area contributed by atoms with Gasteiger partial charge < -0.3 is 48.8 Å². The molecule has 0 aromatic heterocycles. The molecule has 59 heavy (non-hydrogen) atoms. The molecule has 2 spiro atoms. The second-order valence-electron chi connectivity index (χ2n) is 20.9. The Kier molecular flexibility index (Phi) is 15.4. The fourth-order valence-electron chi connectivity index (χ4n) is 11.3. The van der Waals surface area contributed by atoms with E-state index in [1.165, 1.54) is 0 Å². The van der Waals surface area contributed by atoms with Crippen LogP contribution in [0.5, 0.6) is 0 Å². The van der Waals surface area contributed by atoms with Gasteiger partial charge in [-0.25, -0.2) is 0 Å². The van der Waals surface area contributed by atoms with Crippen molar-refractivity contribution < 1.29 is 53.1 Å². The fourth-order valence-corrected chi connectivity index (χ4v) is 11.3. The van der Waals surface area contributed by atoms with Gasteiger partial charge in [0, 0.05) is 36.6 Å². The minimum atomic E-state index is -1.15. The molecule has 18 atom stereocenters. The first-order chi connectivity index (χ1) is 27.5. The van der Waals surface area contributed by atoms with E-state index in [-0.39, 0.29) is 53.8 Å². The summed E-state index contributed by atoms with van der Waals surface area (Å²) in [6.45, 7) is 21.8. The number of carbonyl (C=O) groups excluding carboxylic acids is 1. The summed E-state index contributed by atoms with van der Waals surface area (Å²) >= 11 is 0. The number of carbonyl (C=O) groups is 2. The smallest absolute Gasteiger partial charge is 0.309 e. The monoisotopic (exact) mass is 836 g/mol. The Morgan fingerprint density at radius 2 is 1.58 bits per heavy atom. The lowest BCUT2D eigenvalue weighted by molar-refractivity contribution is -0.869. The van der Waals surface area contributed by atoms with Crippen LogP contribution in [0.2, 0.25) is 0 Å². The lowest BCUT2D eigenvalue weighted by Gasteiger charge is -2.55. The second kappa shape index (κ2) is 18.7. The highest BCUT2D eigenvalue weighted by Crippen LogP contribution is 2.54. The largest absolute Gasteiger partial charge is 0.481 e. The first-order valence-electron chi connectivity index (χ1n) is 23.3. The number of ether oxygens (including phenoxy) is 5. The van der Waals surface area contributed by atoms with Crippen molar-refractivity contribution in [3.63, 3.8) is 0 Å². The van der Waals surface area contributed by atoms with E-state index in [0.29, 0.717) is 51.4 Å². The zero-order chi connectivity index (χ0) is 43.9. The molecule has 12 nitrogen and oxygen atoms in total. The van der Waals surface area contributed by atoms with E-state index in [9.17, 15) is 24.9 Å². The van der Waals surface area contributed by atoms with Crippen molar-refractivity contribution in [2.75, 3.05) is 34.2 Å². The zero-order valence-corrected chi connectivity index (χ0v) is 38.9. The summed E-state index contributed by atoms with van der Waals surface area (Å²) in [7, 11) is 6.53. The molecule has 12 heteroatoms. The highest BCUT2D eigenvalue weighted by Gasteiger charge is 2.63. The van der Waals surface area contributed by atoms with Gasteiger partial charge in [0.25, 0.3) is 0 Å². The summed E-state index contributed by atoms with van der Waals surface area (Å²) in [5.74, 6) is -5.13. The van der Waals surface area contributed by atoms with Gasteiger partial charge in [-0.05, 0) is 89.5 Å². The number of quaternary nitrogens is 1. The molecule has 5 heterocycles. The summed E-state index contributed by atoms with van der Waals surface area (Å²) in [5.41, 5.74) is -1.51. The Morgan fingerprint density at radius 3 is 2.17 bits per heavy atom. The highest BCUT2D eigenvalue weighted by atomic mass is 16.8. The van der Waals surface area contributed by atoms with Crippen LogP contribution in [0.4, 0.5) is 0 Å². The van der Waals surface area contributed by atoms with E-state index in [2.05, 4.69) is 66.3 Å². The molecule has 0 radical (unpaired) electrons. The molecule has 0 aromatic rings. The first-order valence-corrected chi connectivity index (χ1v) is 23.3. The Balaban J connectivity index is 1.38. The molecule has 0 amide bonds. The van der Waals surface area contributed by atoms with Crippen LogP contribution in [0.1, 0.15) is 133 Å². The number of aliphatic hydroxyl groups is 2. The summed E-state index contributed by atoms with van der Waals surface area (Å²) in [5, 5.41) is 36.7. The maximum atomic E-state index is 14.7. The number of aliphatic hydroxyl groups excluding tert-OH is 1. The fraction of sp³-hybridized carbons (Fsp3) is 0.915. The van der Waals surface area contributed by atoms with E-state index in [0.717, 1.165) is 30.4 Å². The second-order valence-corrected chi connectivity index (χ2v) is 20.9. The third kappa shape index (κ3) is 10.0. The van der Waals surface area contributed by atoms with Crippen LogP contribution < -0.4 is 5.32 Å². The predicted molar refractivity (Wildman–Crippen MR) is 227 cm³/mol. The number of hydrogen-bond acceptors (Lipinski definition) is 10. The predicted octanol–water partition coefficient (Wildman–Crippen LogP) is 6.49. The molecule has 340 valence electrons. The minimum Gasteiger partial charge on any atom is -0.481 e. The number of Topliss-reactive ketones (excluding diaryl/α,β-unsaturated/α-hetero) is 1. The van der Waals surface area contributed by atoms with Crippen molar-refractivity contribution in [1.29, 1.82) is 0 Å². The number of carboxylic acids is 1. The number of nitrogens with zero attached hydrogens (tertiary/aromatic N) is 1. The maximum Gasteiger partial charge on any atom is 0.309 e. The molecule has 5 aliphatic heterocycles. The van der Waals surface area contributed by atoms with Crippen molar-refractivity contribution >= 4 is 11.8 Å². The SMILES string of the molecule is CC[C@@H](C(=O)[C@@H](C)[C@@H](O)[C@H](C)[C@@H]1O[C@@H]([C@@H](CC)C(=O)O)CC[C@@H]1C)[C@H]1OC2(C=C[C@@H](NCC[N+](C)(C)C)[C@]3(CC[C@@](C)([C@H]4CC[C@](O)(CC)[C@H](C)O4)O3)O2)[C@H](C)C[C@@H]1C. The van der Waals surface area contributed by atoms with Gasteiger partial charge in [-0.15, -0.1) is 0 Å². The third-order valence-electron chi connectivity index (χ3n) is 15.6. The average molecular weight is 836 g/mol. The molecule has 4 N–H and O–H groups in total. The van der Waals surface area contributed by atoms with Crippen molar-refractivity contribution in [3.05, 3.63) is 12.2 Å². The Hall–Kier alpha value is -1.48. The van der Waals surface area contributed by atoms with Gasteiger partial charge in [0.1, 0.15) is 5.78 Å². The van der Waals surface area contributed by atoms with Crippen molar-refractivity contribution in [1.82, 2.24) is 5.32 Å². The van der Waals surface area contributed by atoms with Gasteiger partial charge in [0.15, 0.2) is 11.6 Å². The summed E-state index contributed by atoms with van der Waals surface area (Å²) < 4.78 is 35.7. The van der Waals surface area contributed by atoms with Crippen LogP contribution in [0.25, 0.3) is 0 Å². The lowest BCUT2D eigenvalue weighted by atomic mass is 9.72. The molecule has 0 aliphatic carbocycles. The number of likely N-dealkylation sites (N-methyl/N-ethyl adjacent to an activating group) is 1. The quantitative estimate of drug-likeness (QED) is 0.0998. The van der Waals surface area contributed by atoms with Crippen LogP contribution in [0.3, 0.4) is 0 Å². The van der Waals surface area contributed by atoms with Gasteiger partial charge in [0.2, 0.25) is 0 Å². The molecular formula is C47H83N2O10+. The molecule has 4 fully saturated rings. The van der Waals surface area contributed by atoms with Crippen LogP contribution >= 0.6 is 0 Å². The highest BCUT2D eigenvalue weighted by molar-refractivity contribution is 5.84. The molecule has 0 aromatic carbocycles. The third-order valence-corrected chi connectivity index (χ3v) is 15.6. The lowest BCUT2D eigenvalue weighted by Crippen LogP contribution is -2.65. The van der Waals surface area contributed by atoms with Gasteiger partial charge >= 0.3 is 5.97 Å². The number of hydrogen-bond donors (Lipinski definition) is 4. The van der Waals surface area contributed by atoms with Gasteiger partial charge in [-0.3, -0.25) is 9.59 Å². The molecule has 5 aliphatic rings. The molecule has 1 unspecified atom stereocenters. The van der Waals surface area contributed by atoms with Gasteiger partial charge in [-0.2, -0.15) is 0 Å². The van der Waals surface area contributed by atoms with Gasteiger partial charge in [0.05, 0.1) is 87.5 Å². The average Bonchev–Trinajstić information content (AvgIpc) is 3.52. The molecule has 0 bridgehead atoms.